The van der Waals surface area contributed by atoms with Gasteiger partial charge in [0.25, 0.3) is 0 Å². The minimum Gasteiger partial charge on any atom is -0.441 e. The molecule has 0 spiro atoms. The van der Waals surface area contributed by atoms with E-state index in [0.29, 0.717) is 16.1 Å². The third-order valence-corrected chi connectivity index (χ3v) is 2.43. The fourth-order valence-corrected chi connectivity index (χ4v) is 1.52. The molecule has 14 heavy (non-hydrogen) atoms. The first-order valence-electron chi connectivity index (χ1n) is 4.04. The molecule has 0 atom stereocenters. The Labute approximate surface area is 88.9 Å². The second-order valence-corrected chi connectivity index (χ2v) is 3.73. The Kier molecular flexibility index (Phi) is 2.37. The molecule has 2 aromatic rings. The minimum atomic E-state index is -0.287. The molecule has 0 saturated carbocycles. The molecule has 2 nitrogen and oxygen atoms in total. The van der Waals surface area contributed by atoms with Crippen molar-refractivity contribution in [2.24, 2.45) is 0 Å². The van der Waals surface area contributed by atoms with Crippen LogP contribution in [-0.4, -0.2) is 4.98 Å². The molecule has 0 aliphatic carbocycles. The lowest BCUT2D eigenvalue weighted by atomic mass is 10.2. The van der Waals surface area contributed by atoms with Crippen molar-refractivity contribution in [2.75, 3.05) is 0 Å². The summed E-state index contributed by atoms with van der Waals surface area (Å²) in [6, 6.07) is 4.70. The van der Waals surface area contributed by atoms with Crippen LogP contribution in [-0.2, 0) is 0 Å². The van der Waals surface area contributed by atoms with Crippen molar-refractivity contribution in [1.82, 2.24) is 4.98 Å². The number of nitrogens with zero attached hydrogens (tertiary/aromatic N) is 1. The van der Waals surface area contributed by atoms with E-state index in [9.17, 15) is 4.39 Å². The lowest BCUT2D eigenvalue weighted by molar-refractivity contribution is 0.534. The zero-order valence-electron chi connectivity index (χ0n) is 7.42. The highest BCUT2D eigenvalue weighted by molar-refractivity contribution is 9.10. The molecule has 0 radical (unpaired) electrons. The second kappa shape index (κ2) is 3.53. The molecule has 4 heteroatoms. The summed E-state index contributed by atoms with van der Waals surface area (Å²) in [5, 5.41) is 0. The Bertz CT molecular complexity index is 467. The molecule has 2 rings (SSSR count). The van der Waals surface area contributed by atoms with Crippen molar-refractivity contribution in [3.63, 3.8) is 0 Å². The van der Waals surface area contributed by atoms with Crippen LogP contribution in [0.25, 0.3) is 11.3 Å². The molecule has 0 unspecified atom stereocenters. The molecular weight excluding hydrogens is 249 g/mol. The lowest BCUT2D eigenvalue weighted by Crippen LogP contribution is -1.79. The molecule has 0 amide bonds. The van der Waals surface area contributed by atoms with Crippen molar-refractivity contribution in [3.8, 4) is 11.3 Å². The van der Waals surface area contributed by atoms with Crippen molar-refractivity contribution in [3.05, 3.63) is 40.6 Å². The van der Waals surface area contributed by atoms with Crippen LogP contribution >= 0.6 is 15.9 Å². The van der Waals surface area contributed by atoms with Gasteiger partial charge in [0.15, 0.2) is 11.7 Å². The van der Waals surface area contributed by atoms with Gasteiger partial charge in [-0.25, -0.2) is 9.37 Å². The number of oxazole rings is 1. The molecule has 1 heterocycles. The van der Waals surface area contributed by atoms with Gasteiger partial charge < -0.3 is 4.42 Å². The second-order valence-electron chi connectivity index (χ2n) is 2.87. The molecule has 0 bridgehead atoms. The number of rotatable bonds is 1. The summed E-state index contributed by atoms with van der Waals surface area (Å²) in [7, 11) is 0. The zero-order valence-corrected chi connectivity index (χ0v) is 9.01. The molecule has 1 aromatic heterocycles. The fraction of sp³-hybridized carbons (Fsp3) is 0.100. The van der Waals surface area contributed by atoms with Gasteiger partial charge >= 0.3 is 0 Å². The largest absolute Gasteiger partial charge is 0.441 e. The summed E-state index contributed by atoms with van der Waals surface area (Å²) >= 11 is 3.11. The number of hydrogen-bond acceptors (Lipinski definition) is 2. The van der Waals surface area contributed by atoms with Crippen LogP contribution in [0.3, 0.4) is 0 Å². The predicted octanol–water partition coefficient (Wildman–Crippen LogP) is 3.55. The average Bonchev–Trinajstić information content (AvgIpc) is 2.57. The predicted molar refractivity (Wildman–Crippen MR) is 54.3 cm³/mol. The standard InChI is InChI=1S/C10H7BrFNO/c1-6-13-5-10(14-6)7-2-3-9(12)8(11)4-7/h2-5H,1H3. The minimum absolute atomic E-state index is 0.287. The molecule has 1 aromatic carbocycles. The normalized spacial score (nSPS) is 10.5. The van der Waals surface area contributed by atoms with E-state index in [1.54, 1.807) is 25.3 Å². The van der Waals surface area contributed by atoms with Gasteiger partial charge in [-0.05, 0) is 34.1 Å². The van der Waals surface area contributed by atoms with Gasteiger partial charge in [-0.1, -0.05) is 0 Å². The Morgan fingerprint density at radius 2 is 2.21 bits per heavy atom. The van der Waals surface area contributed by atoms with Gasteiger partial charge in [0.2, 0.25) is 0 Å². The average molecular weight is 256 g/mol. The Morgan fingerprint density at radius 1 is 1.43 bits per heavy atom. The zero-order chi connectivity index (χ0) is 10.1. The summed E-state index contributed by atoms with van der Waals surface area (Å²) in [5.41, 5.74) is 0.805. The number of halogens is 2. The summed E-state index contributed by atoms with van der Waals surface area (Å²) in [4.78, 5) is 3.97. The summed E-state index contributed by atoms with van der Waals surface area (Å²) < 4.78 is 18.7. The molecule has 0 aliphatic heterocycles. The van der Waals surface area contributed by atoms with Crippen molar-refractivity contribution in [1.29, 1.82) is 0 Å². The van der Waals surface area contributed by atoms with Gasteiger partial charge in [0.05, 0.1) is 10.7 Å². The number of aryl methyl sites for hydroxylation is 1. The lowest BCUT2D eigenvalue weighted by Gasteiger charge is -1.97. The molecule has 72 valence electrons. The van der Waals surface area contributed by atoms with Crippen LogP contribution in [0.1, 0.15) is 5.89 Å². The van der Waals surface area contributed by atoms with E-state index in [1.165, 1.54) is 6.07 Å². The van der Waals surface area contributed by atoms with Crippen LogP contribution in [0.2, 0.25) is 0 Å². The quantitative estimate of drug-likeness (QED) is 0.779. The SMILES string of the molecule is Cc1ncc(-c2ccc(F)c(Br)c2)o1. The maximum atomic E-state index is 12.9. The molecular formula is C10H7BrFNO. The van der Waals surface area contributed by atoms with E-state index in [-0.39, 0.29) is 5.82 Å². The van der Waals surface area contributed by atoms with Gasteiger partial charge in [-0.3, -0.25) is 0 Å². The Hall–Kier alpha value is -1.16. The van der Waals surface area contributed by atoms with Gasteiger partial charge in [-0.15, -0.1) is 0 Å². The highest BCUT2D eigenvalue weighted by atomic mass is 79.9. The van der Waals surface area contributed by atoms with E-state index in [4.69, 9.17) is 4.42 Å². The first-order valence-corrected chi connectivity index (χ1v) is 4.84. The van der Waals surface area contributed by atoms with E-state index < -0.39 is 0 Å². The van der Waals surface area contributed by atoms with E-state index >= 15 is 0 Å². The van der Waals surface area contributed by atoms with Crippen LogP contribution in [0, 0.1) is 12.7 Å². The molecule has 0 saturated heterocycles. The monoisotopic (exact) mass is 255 g/mol. The maximum Gasteiger partial charge on any atom is 0.191 e. The van der Waals surface area contributed by atoms with Crippen LogP contribution in [0.15, 0.2) is 33.3 Å². The molecule has 0 N–H and O–H groups in total. The van der Waals surface area contributed by atoms with E-state index in [1.807, 2.05) is 0 Å². The number of benzene rings is 1. The maximum absolute atomic E-state index is 12.9. The number of aromatic nitrogens is 1. The van der Waals surface area contributed by atoms with E-state index in [2.05, 4.69) is 20.9 Å². The smallest absolute Gasteiger partial charge is 0.191 e. The van der Waals surface area contributed by atoms with Crippen molar-refractivity contribution in [2.45, 2.75) is 6.92 Å². The van der Waals surface area contributed by atoms with Crippen molar-refractivity contribution >= 4 is 15.9 Å². The Morgan fingerprint density at radius 3 is 2.79 bits per heavy atom. The van der Waals surface area contributed by atoms with E-state index in [0.717, 1.165) is 5.56 Å². The summed E-state index contributed by atoms with van der Waals surface area (Å²) in [6.45, 7) is 1.77. The topological polar surface area (TPSA) is 26.0 Å². The first kappa shape index (κ1) is 9.40. The molecule has 0 fully saturated rings. The highest BCUT2D eigenvalue weighted by Gasteiger charge is 2.06. The van der Waals surface area contributed by atoms with Gasteiger partial charge in [-0.2, -0.15) is 0 Å². The Balaban J connectivity index is 2.47. The third-order valence-electron chi connectivity index (χ3n) is 1.83. The highest BCUT2D eigenvalue weighted by Crippen LogP contribution is 2.25. The first-order chi connectivity index (χ1) is 6.66. The fourth-order valence-electron chi connectivity index (χ4n) is 1.14. The van der Waals surface area contributed by atoms with Crippen LogP contribution in [0.4, 0.5) is 4.39 Å². The third kappa shape index (κ3) is 1.70. The van der Waals surface area contributed by atoms with Gasteiger partial charge in [0, 0.05) is 12.5 Å². The number of hydrogen-bond donors (Lipinski definition) is 0. The summed E-state index contributed by atoms with van der Waals surface area (Å²) in [5.74, 6) is 0.952. The molecule has 0 aliphatic rings. The van der Waals surface area contributed by atoms with Crippen LogP contribution < -0.4 is 0 Å². The van der Waals surface area contributed by atoms with Crippen LogP contribution in [0.5, 0.6) is 0 Å². The van der Waals surface area contributed by atoms with Gasteiger partial charge in [0.1, 0.15) is 5.82 Å². The summed E-state index contributed by atoms with van der Waals surface area (Å²) in [6.07, 6.45) is 1.62. The van der Waals surface area contributed by atoms with Crippen molar-refractivity contribution < 1.29 is 8.81 Å².